The number of aliphatic hydroxyl groups is 16. The van der Waals surface area contributed by atoms with Crippen LogP contribution in [0.25, 0.3) is 11.1 Å². The van der Waals surface area contributed by atoms with Crippen molar-refractivity contribution in [3.05, 3.63) is 71.8 Å². The van der Waals surface area contributed by atoms with Crippen LogP contribution in [-0.2, 0) is 71.3 Å². The van der Waals surface area contributed by atoms with Crippen LogP contribution in [0.3, 0.4) is 0 Å². The maximum absolute atomic E-state index is 15.0. The summed E-state index contributed by atoms with van der Waals surface area (Å²) in [7, 11) is 0. The fourth-order valence-electron chi connectivity index (χ4n) is 17.3. The summed E-state index contributed by atoms with van der Waals surface area (Å²) in [6.07, 6.45) is -21.6. The standard InChI is InChI=1S/C88H142N4O33/c1-5-7-9-11-13-15-17-19-21-22-24-26-28-30-40-57(92-87(114)116-48-56-54-38-34-32-36-52(54)53-37-33-35-39-55(53)56)81(111)91-58(59(100)41-31-29-27-25-23-20-18-16-14-12-10-8-6-2)49-115-83-74(109)72(107)76(64(46-96)119-83)121-85-75(110)80(125-88(86(112)113)42-60(101)66(89-50(3)98)79(124-88)68(103)61(102)43-93)77(65(47-97)120-85)122-82-67(90-51(4)99)78(70(105)63(45-95)117-82)123-84-73(108)71(106)69(104)62(44-94)118-84/h31-39,41,56-80,82-85,93-97,100-110H,5-30,40,42-49H2,1-4H3,(H,89,98)(H,90,99)(H,91,111)(H,92,114)(H,112,113)/b41-31+/t57?,58-,59+,60-,61+,62+,63+,64+,65+,66+,67+,68+,69-,70-,71-,72+,73+,74+,75+,76+,77-,78+,79+,80+,82-,83+,84-,85-,88-/m0/s1. The van der Waals surface area contributed by atoms with Crippen LogP contribution >= 0.6 is 0 Å². The van der Waals surface area contributed by atoms with Gasteiger partial charge in [0.25, 0.3) is 5.79 Å². The Morgan fingerprint density at radius 3 is 1.50 bits per heavy atom. The number of ether oxygens (including phenoxy) is 11. The Kier molecular flexibility index (Phi) is 44.9. The Hall–Kier alpha value is -5.71. The van der Waals surface area contributed by atoms with Gasteiger partial charge in [-0.05, 0) is 41.5 Å². The Labute approximate surface area is 730 Å². The maximum Gasteiger partial charge on any atom is 0.407 e. The first kappa shape index (κ1) is 105. The molecule has 5 heterocycles. The van der Waals surface area contributed by atoms with Crippen molar-refractivity contribution in [1.29, 1.82) is 0 Å². The van der Waals surface area contributed by atoms with Crippen LogP contribution in [0.1, 0.15) is 225 Å². The summed E-state index contributed by atoms with van der Waals surface area (Å²) in [5, 5.41) is 202. The van der Waals surface area contributed by atoms with E-state index in [0.717, 1.165) is 107 Å². The van der Waals surface area contributed by atoms with Crippen LogP contribution in [0.4, 0.5) is 4.79 Å². The van der Waals surface area contributed by atoms with Gasteiger partial charge in [0.2, 0.25) is 17.7 Å². The predicted molar refractivity (Wildman–Crippen MR) is 446 cm³/mol. The second-order valence-electron chi connectivity index (χ2n) is 33.9. The van der Waals surface area contributed by atoms with Crippen LogP contribution in [0.15, 0.2) is 60.7 Å². The highest BCUT2D eigenvalue weighted by molar-refractivity contribution is 5.86. The van der Waals surface area contributed by atoms with Gasteiger partial charge in [-0.2, -0.15) is 0 Å². The fourth-order valence-corrected chi connectivity index (χ4v) is 17.3. The molecule has 5 saturated heterocycles. The topological polar surface area (TPSA) is 579 Å². The van der Waals surface area contributed by atoms with Gasteiger partial charge < -0.3 is 160 Å². The fraction of sp³-hybridized carbons (Fsp3) is 0.784. The minimum Gasteiger partial charge on any atom is -0.477 e. The molecule has 29 atom stereocenters. The lowest BCUT2D eigenvalue weighted by molar-refractivity contribution is -0.403. The average Bonchev–Trinajstić information content (AvgIpc) is 1.71. The third-order valence-electron chi connectivity index (χ3n) is 24.4. The number of carbonyl (C=O) groups is 5. The first-order valence-electron chi connectivity index (χ1n) is 45.1. The summed E-state index contributed by atoms with van der Waals surface area (Å²) in [5.74, 6) is -8.47. The minimum absolute atomic E-state index is 0.0612. The molecule has 21 N–H and O–H groups in total. The number of carboxylic acid groups (broad SMARTS) is 1. The average molecular weight is 1780 g/mol. The zero-order valence-electron chi connectivity index (χ0n) is 72.4. The van der Waals surface area contributed by atoms with Crippen molar-refractivity contribution >= 4 is 29.8 Å². The normalized spacial score (nSPS) is 31.9. The zero-order chi connectivity index (χ0) is 90.9. The molecule has 5 fully saturated rings. The van der Waals surface area contributed by atoms with Gasteiger partial charge in [0.05, 0.1) is 63.9 Å². The van der Waals surface area contributed by atoms with Crippen LogP contribution in [0.2, 0.25) is 0 Å². The number of carbonyl (C=O) groups excluding carboxylic acids is 4. The minimum atomic E-state index is -3.42. The monoisotopic (exact) mass is 1780 g/mol. The van der Waals surface area contributed by atoms with E-state index in [9.17, 15) is 111 Å². The number of fused-ring (bicyclic) bond motifs is 3. The molecule has 0 aromatic heterocycles. The number of hydrogen-bond acceptors (Lipinski definition) is 32. The highest BCUT2D eigenvalue weighted by Gasteiger charge is 2.62. The van der Waals surface area contributed by atoms with Crippen LogP contribution < -0.4 is 21.3 Å². The third-order valence-corrected chi connectivity index (χ3v) is 24.4. The van der Waals surface area contributed by atoms with Gasteiger partial charge in [0, 0.05) is 26.2 Å². The number of benzene rings is 2. The van der Waals surface area contributed by atoms with E-state index in [1.807, 2.05) is 48.5 Å². The van der Waals surface area contributed by atoms with Crippen molar-refractivity contribution < 1.29 is 163 Å². The zero-order valence-corrected chi connectivity index (χ0v) is 72.4. The molecule has 2 aromatic carbocycles. The lowest BCUT2D eigenvalue weighted by Gasteiger charge is -2.52. The van der Waals surface area contributed by atoms with E-state index in [4.69, 9.17) is 52.1 Å². The number of carboxylic acids is 1. The number of amides is 4. The van der Waals surface area contributed by atoms with Crippen LogP contribution in [0, 0.1) is 0 Å². The largest absolute Gasteiger partial charge is 0.477 e. The molecule has 4 amide bonds. The van der Waals surface area contributed by atoms with E-state index in [1.165, 1.54) is 89.5 Å². The molecule has 6 aliphatic rings. The van der Waals surface area contributed by atoms with E-state index in [0.29, 0.717) is 12.8 Å². The van der Waals surface area contributed by atoms with Crippen molar-refractivity contribution in [2.75, 3.05) is 46.2 Å². The number of aliphatic hydroxyl groups excluding tert-OH is 16. The molecule has 37 heteroatoms. The van der Waals surface area contributed by atoms with E-state index < -0.39 is 253 Å². The number of hydrogen-bond donors (Lipinski definition) is 21. The molecule has 8 rings (SSSR count). The summed E-state index contributed by atoms with van der Waals surface area (Å²) in [6.45, 7) is -0.108. The highest BCUT2D eigenvalue weighted by atomic mass is 16.8. The molecule has 0 bridgehead atoms. The first-order valence-corrected chi connectivity index (χ1v) is 45.1. The SMILES string of the molecule is CCCCCCCCCCCCC/C=C/[C@@H](O)[C@H](CO[C@@H]1O[C@H](CO)[C@@H](O[C@@H]2O[C@H](CO)[C@H](O[C@@H]3O[C@H](CO)[C@H](O)[C@H](O[C@@H]4O[C@H](CO)[C@H](O)[C@H](O)[C@H]4O)[C@H]3NC(C)=O)[C@H](O[C@]3(C(=O)O)C[C@H](O)[C@@H](NC(C)=O)[C@H]([C@H](O)[C@H](O)CO)O3)[C@H]2O)[C@H](O)[C@H]1O)NC(=O)C(CCCCCCCCCCCCCCCC)NC(=O)OCC1c2ccccc2-c2ccccc21. The summed E-state index contributed by atoms with van der Waals surface area (Å²) < 4.78 is 66.7. The molecular weight excluding hydrogens is 1640 g/mol. The lowest BCUT2D eigenvalue weighted by atomic mass is 9.88. The van der Waals surface area contributed by atoms with Gasteiger partial charge in [-0.25, -0.2) is 9.59 Å². The Balaban J connectivity index is 1.05. The Morgan fingerprint density at radius 1 is 0.504 bits per heavy atom. The van der Waals surface area contributed by atoms with Crippen molar-refractivity contribution in [1.82, 2.24) is 21.3 Å². The van der Waals surface area contributed by atoms with Crippen molar-refractivity contribution in [3.8, 4) is 11.1 Å². The number of allylic oxidation sites excluding steroid dienone is 1. The predicted octanol–water partition coefficient (Wildman–Crippen LogP) is 1.47. The summed E-state index contributed by atoms with van der Waals surface area (Å²) >= 11 is 0. The lowest BCUT2D eigenvalue weighted by Crippen LogP contribution is -2.72. The molecule has 5 aliphatic heterocycles. The summed E-state index contributed by atoms with van der Waals surface area (Å²) in [4.78, 5) is 68.9. The smallest absolute Gasteiger partial charge is 0.407 e. The molecule has 1 unspecified atom stereocenters. The third kappa shape index (κ3) is 29.6. The van der Waals surface area contributed by atoms with E-state index in [1.54, 1.807) is 6.08 Å². The van der Waals surface area contributed by atoms with Gasteiger partial charge in [0.1, 0.15) is 129 Å². The maximum atomic E-state index is 15.0. The molecule has 37 nitrogen and oxygen atoms in total. The quantitative estimate of drug-likeness (QED) is 0.0329. The van der Waals surface area contributed by atoms with Gasteiger partial charge in [-0.1, -0.05) is 229 Å². The molecule has 712 valence electrons. The molecule has 0 saturated carbocycles. The highest BCUT2D eigenvalue weighted by Crippen LogP contribution is 2.46. The second kappa shape index (κ2) is 53.6. The molecule has 1 aliphatic carbocycles. The molecule has 2 aromatic rings. The summed E-state index contributed by atoms with van der Waals surface area (Å²) in [5.41, 5.74) is 3.95. The van der Waals surface area contributed by atoms with Crippen molar-refractivity contribution in [3.63, 3.8) is 0 Å². The van der Waals surface area contributed by atoms with Gasteiger partial charge >= 0.3 is 12.1 Å². The van der Waals surface area contributed by atoms with Gasteiger partial charge in [0.15, 0.2) is 25.2 Å². The van der Waals surface area contributed by atoms with Crippen LogP contribution in [0.5, 0.6) is 0 Å². The molecule has 0 spiro atoms. The van der Waals surface area contributed by atoms with E-state index in [2.05, 4.69) is 35.1 Å². The Bertz CT molecular complexity index is 3470. The number of unbranched alkanes of at least 4 members (excludes halogenated alkanes) is 24. The first-order chi connectivity index (χ1) is 60.1. The Morgan fingerprint density at radius 2 is 0.968 bits per heavy atom. The van der Waals surface area contributed by atoms with Crippen molar-refractivity contribution in [2.45, 2.75) is 391 Å². The number of aliphatic carboxylic acids is 1. The molecule has 125 heavy (non-hydrogen) atoms. The van der Waals surface area contributed by atoms with Gasteiger partial charge in [-0.3, -0.25) is 14.4 Å². The molecular formula is C88H142N4O33. The van der Waals surface area contributed by atoms with E-state index >= 15 is 0 Å². The number of nitrogens with one attached hydrogen (secondary N) is 4. The van der Waals surface area contributed by atoms with Crippen LogP contribution in [-0.4, -0.2) is 340 Å². The van der Waals surface area contributed by atoms with Gasteiger partial charge in [-0.15, -0.1) is 0 Å². The number of rotatable bonds is 55. The number of alkyl carbamates (subject to hydrolysis) is 1. The molecule has 0 radical (unpaired) electrons. The van der Waals surface area contributed by atoms with E-state index in [-0.39, 0.29) is 18.9 Å². The van der Waals surface area contributed by atoms with Crippen molar-refractivity contribution in [2.24, 2.45) is 0 Å². The summed E-state index contributed by atoms with van der Waals surface area (Å²) in [6, 6.07) is 9.30. The second-order valence-corrected chi connectivity index (χ2v) is 33.9.